The number of fused-ring (bicyclic) bond motifs is 2. The van der Waals surface area contributed by atoms with Crippen LogP contribution in [0.15, 0.2) is 109 Å². The van der Waals surface area contributed by atoms with Crippen LogP contribution in [0.3, 0.4) is 0 Å². The van der Waals surface area contributed by atoms with Gasteiger partial charge in [-0.15, -0.1) is 0 Å². The van der Waals surface area contributed by atoms with Crippen molar-refractivity contribution >= 4 is 45.0 Å². The average Bonchev–Trinajstić information content (AvgIpc) is 3.10. The fourth-order valence-electron chi connectivity index (χ4n) is 6.58. The Bertz CT molecular complexity index is 1840. The zero-order valence-electron chi connectivity index (χ0n) is 25.3. The molecule has 0 unspecified atom stereocenters. The highest BCUT2D eigenvalue weighted by Crippen LogP contribution is 2.47. The number of hydrogen-bond acceptors (Lipinski definition) is 5. The lowest BCUT2D eigenvalue weighted by atomic mass is 9.63. The van der Waals surface area contributed by atoms with Crippen LogP contribution in [0.25, 0.3) is 21.8 Å². The molecule has 46 heavy (non-hydrogen) atoms. The second-order valence-electron chi connectivity index (χ2n) is 12.1. The number of aliphatic hydroxyl groups excluding tert-OH is 1. The van der Waals surface area contributed by atoms with Gasteiger partial charge in [0, 0.05) is 32.8 Å². The van der Waals surface area contributed by atoms with Gasteiger partial charge < -0.3 is 14.6 Å². The first kappa shape index (κ1) is 30.5. The summed E-state index contributed by atoms with van der Waals surface area (Å²) in [5, 5.41) is 13.3. The number of aliphatic hydroxyl groups is 1. The molecule has 232 valence electrons. The molecular weight excluding hydrogens is 615 g/mol. The highest BCUT2D eigenvalue weighted by atomic mass is 35.5. The first-order valence-electron chi connectivity index (χ1n) is 15.7. The van der Waals surface area contributed by atoms with E-state index in [2.05, 4.69) is 24.3 Å². The molecule has 0 amide bonds. The summed E-state index contributed by atoms with van der Waals surface area (Å²) in [5.41, 5.74) is 5.76. The predicted octanol–water partition coefficient (Wildman–Crippen LogP) is 9.72. The molecule has 7 heteroatoms. The summed E-state index contributed by atoms with van der Waals surface area (Å²) in [6.45, 7) is 0.976. The maximum absolute atomic E-state index is 9.87. The molecule has 4 aromatic carbocycles. The third-order valence-corrected chi connectivity index (χ3v) is 9.70. The lowest BCUT2D eigenvalue weighted by Gasteiger charge is -2.41. The number of nitrogens with zero attached hydrogens (tertiary/aromatic N) is 2. The van der Waals surface area contributed by atoms with Crippen LogP contribution in [0, 0.1) is 5.92 Å². The van der Waals surface area contributed by atoms with Gasteiger partial charge in [-0.25, -0.2) is 9.97 Å². The van der Waals surface area contributed by atoms with E-state index in [4.69, 9.17) is 42.6 Å². The van der Waals surface area contributed by atoms with Gasteiger partial charge in [-0.05, 0) is 103 Å². The van der Waals surface area contributed by atoms with Crippen molar-refractivity contribution in [2.24, 2.45) is 5.92 Å². The number of hydrogen-bond donors (Lipinski definition) is 1. The maximum Gasteiger partial charge on any atom is 0.130 e. The molecule has 7 rings (SSSR count). The Labute approximate surface area is 278 Å². The average molecular weight is 650 g/mol. The molecule has 0 spiro atoms. The van der Waals surface area contributed by atoms with E-state index in [0.29, 0.717) is 29.2 Å². The Balaban J connectivity index is 1.06. The molecule has 0 saturated heterocycles. The molecule has 0 radical (unpaired) electrons. The van der Waals surface area contributed by atoms with E-state index in [1.54, 1.807) is 0 Å². The smallest absolute Gasteiger partial charge is 0.130 e. The monoisotopic (exact) mass is 648 g/mol. The number of aromatic nitrogens is 2. The summed E-state index contributed by atoms with van der Waals surface area (Å²) in [6, 6.07) is 36.4. The first-order chi connectivity index (χ1) is 22.5. The molecular formula is C39H34Cl2N2O3. The Morgan fingerprint density at radius 1 is 0.609 bits per heavy atom. The number of rotatable bonds is 9. The molecule has 6 aromatic rings. The second-order valence-corrected chi connectivity index (χ2v) is 13.0. The zero-order valence-corrected chi connectivity index (χ0v) is 26.8. The van der Waals surface area contributed by atoms with Gasteiger partial charge in [0.1, 0.15) is 24.7 Å². The summed E-state index contributed by atoms with van der Waals surface area (Å²) in [4.78, 5) is 9.42. The fraction of sp³-hybridized carbons (Fsp3) is 0.231. The summed E-state index contributed by atoms with van der Waals surface area (Å²) < 4.78 is 12.3. The van der Waals surface area contributed by atoms with Crippen molar-refractivity contribution in [1.29, 1.82) is 0 Å². The van der Waals surface area contributed by atoms with E-state index < -0.39 is 0 Å². The third kappa shape index (κ3) is 6.54. The van der Waals surface area contributed by atoms with Crippen molar-refractivity contribution in [1.82, 2.24) is 9.97 Å². The number of benzene rings is 4. The zero-order chi connectivity index (χ0) is 31.5. The van der Waals surface area contributed by atoms with Crippen molar-refractivity contribution in [2.75, 3.05) is 6.61 Å². The maximum atomic E-state index is 9.87. The summed E-state index contributed by atoms with van der Waals surface area (Å²) >= 11 is 12.3. The molecule has 2 aromatic heterocycles. The molecule has 5 nitrogen and oxygen atoms in total. The van der Waals surface area contributed by atoms with Gasteiger partial charge >= 0.3 is 0 Å². The largest absolute Gasteiger partial charge is 0.487 e. The van der Waals surface area contributed by atoms with Crippen LogP contribution < -0.4 is 9.47 Å². The minimum atomic E-state index is -0.152. The molecule has 1 N–H and O–H groups in total. The summed E-state index contributed by atoms with van der Waals surface area (Å²) in [6.07, 6.45) is 3.88. The molecule has 1 aliphatic carbocycles. The Morgan fingerprint density at radius 2 is 1.04 bits per heavy atom. The van der Waals surface area contributed by atoms with Crippen molar-refractivity contribution in [2.45, 2.75) is 44.3 Å². The van der Waals surface area contributed by atoms with Crippen molar-refractivity contribution < 1.29 is 14.6 Å². The molecule has 2 heterocycles. The van der Waals surface area contributed by atoms with Crippen LogP contribution in [0.4, 0.5) is 0 Å². The quantitative estimate of drug-likeness (QED) is 0.169. The second kappa shape index (κ2) is 13.3. The van der Waals surface area contributed by atoms with Crippen molar-refractivity contribution in [3.8, 4) is 11.5 Å². The first-order valence-corrected chi connectivity index (χ1v) is 16.4. The minimum absolute atomic E-state index is 0.152. The molecule has 0 atom stereocenters. The summed E-state index contributed by atoms with van der Waals surface area (Å²) in [7, 11) is 0. The van der Waals surface area contributed by atoms with Crippen LogP contribution in [0.5, 0.6) is 11.5 Å². The molecule has 1 saturated carbocycles. The standard InChI is InChI=1S/C39H34Cl2N2O3/c40-31-9-1-27-3-11-33(42-37(27)21-31)24-45-35-13-5-29(6-14-35)39(19-17-26(23-44)18-20-39)30-7-15-36(16-8-30)46-25-34-12-4-28-2-10-32(41)22-38(28)43-34/h1-16,21-22,26,44H,17-20,23-25H2. The van der Waals surface area contributed by atoms with E-state index >= 15 is 0 Å². The van der Waals surface area contributed by atoms with Gasteiger partial charge in [0.25, 0.3) is 0 Å². The van der Waals surface area contributed by atoms with Gasteiger partial charge in [-0.2, -0.15) is 0 Å². The van der Waals surface area contributed by atoms with Crippen LogP contribution in [-0.4, -0.2) is 21.7 Å². The topological polar surface area (TPSA) is 64.5 Å². The molecule has 0 aliphatic heterocycles. The highest BCUT2D eigenvalue weighted by molar-refractivity contribution is 6.31. The van der Waals surface area contributed by atoms with Crippen molar-refractivity contribution in [3.63, 3.8) is 0 Å². The van der Waals surface area contributed by atoms with E-state index in [9.17, 15) is 5.11 Å². The SMILES string of the molecule is OCC1CCC(c2ccc(OCc3ccc4ccc(Cl)cc4n3)cc2)(c2ccc(OCc3ccc4ccc(Cl)cc4n3)cc2)CC1. The lowest BCUT2D eigenvalue weighted by molar-refractivity contribution is 0.164. The van der Waals surface area contributed by atoms with Gasteiger partial charge in [-0.1, -0.05) is 71.7 Å². The number of halogens is 2. The Hall–Kier alpha value is -4.16. The van der Waals surface area contributed by atoms with Crippen LogP contribution >= 0.6 is 23.2 Å². The third-order valence-electron chi connectivity index (χ3n) is 9.23. The number of ether oxygens (including phenoxy) is 2. The van der Waals surface area contributed by atoms with Crippen LogP contribution in [0.2, 0.25) is 10.0 Å². The Kier molecular flexibility index (Phi) is 8.81. The Morgan fingerprint density at radius 3 is 1.48 bits per heavy atom. The van der Waals surface area contributed by atoms with Gasteiger partial charge in [0.2, 0.25) is 0 Å². The van der Waals surface area contributed by atoms with Gasteiger partial charge in [0.15, 0.2) is 0 Å². The van der Waals surface area contributed by atoms with E-state index in [-0.39, 0.29) is 12.0 Å². The minimum Gasteiger partial charge on any atom is -0.487 e. The van der Waals surface area contributed by atoms with Gasteiger partial charge in [0.05, 0.1) is 22.4 Å². The predicted molar refractivity (Wildman–Crippen MR) is 185 cm³/mol. The number of pyridine rings is 2. The molecule has 1 aliphatic rings. The van der Waals surface area contributed by atoms with E-state index in [0.717, 1.165) is 70.4 Å². The normalized spacial score (nSPS) is 14.8. The van der Waals surface area contributed by atoms with Gasteiger partial charge in [-0.3, -0.25) is 0 Å². The highest BCUT2D eigenvalue weighted by Gasteiger charge is 2.38. The lowest BCUT2D eigenvalue weighted by Crippen LogP contribution is -2.34. The molecule has 0 bridgehead atoms. The van der Waals surface area contributed by atoms with Crippen molar-refractivity contribution in [3.05, 3.63) is 142 Å². The summed E-state index contributed by atoms with van der Waals surface area (Å²) in [5.74, 6) is 1.93. The van der Waals surface area contributed by atoms with E-state index in [1.165, 1.54) is 11.1 Å². The van der Waals surface area contributed by atoms with E-state index in [1.807, 2.05) is 84.9 Å². The fourth-order valence-corrected chi connectivity index (χ4v) is 6.91. The van der Waals surface area contributed by atoms with Crippen LogP contribution in [0.1, 0.15) is 48.2 Å². The van der Waals surface area contributed by atoms with Crippen LogP contribution in [-0.2, 0) is 18.6 Å². The molecule has 1 fully saturated rings.